The van der Waals surface area contributed by atoms with Crippen LogP contribution in [0, 0.1) is 0 Å². The zero-order valence-electron chi connectivity index (χ0n) is 13.6. The van der Waals surface area contributed by atoms with Gasteiger partial charge in [0.2, 0.25) is 5.78 Å². The van der Waals surface area contributed by atoms with Crippen LogP contribution in [0.15, 0.2) is 54.7 Å². The Morgan fingerprint density at radius 3 is 2.50 bits per heavy atom. The molecule has 0 radical (unpaired) electrons. The van der Waals surface area contributed by atoms with E-state index >= 15 is 0 Å². The molecule has 0 aliphatic rings. The molecule has 1 atom stereocenters. The first kappa shape index (κ1) is 17.5. The first-order chi connectivity index (χ1) is 12.5. The number of carbonyl (C=O) groups is 2. The molecule has 1 aromatic heterocycles. The van der Waals surface area contributed by atoms with Crippen LogP contribution >= 0.6 is 0 Å². The largest absolute Gasteiger partial charge is 0.480 e. The Morgan fingerprint density at radius 2 is 1.85 bits per heavy atom. The number of para-hydroxylation sites is 1. The Bertz CT molecular complexity index is 972. The summed E-state index contributed by atoms with van der Waals surface area (Å²) in [7, 11) is 0. The molecule has 2 aromatic carbocycles. The highest BCUT2D eigenvalue weighted by atomic mass is 16.5. The second kappa shape index (κ2) is 7.30. The maximum Gasteiger partial charge on any atom is 0.328 e. The van der Waals surface area contributed by atoms with Gasteiger partial charge in [-0.2, -0.15) is 0 Å². The van der Waals surface area contributed by atoms with Crippen molar-refractivity contribution < 1.29 is 24.5 Å². The number of Topliss-reactive ketones (excluding diaryl/α,β-unsaturated/α-hetero) is 1. The highest BCUT2D eigenvalue weighted by molar-refractivity contribution is 6.12. The summed E-state index contributed by atoms with van der Waals surface area (Å²) in [6.07, 6.45) is 1.42. The van der Waals surface area contributed by atoms with Gasteiger partial charge in [0.25, 0.3) is 0 Å². The first-order valence-electron chi connectivity index (χ1n) is 7.79. The number of nitrogens with two attached hydrogens (primary N) is 1. The number of pyridine rings is 1. The standard InChI is InChI=1S/C19H16N2O5/c20-16(19(24)25)18(23)17-15(10-22)14-7-6-13(8-11(14)9-21-17)26-12-4-2-1-3-5-12/h1-9,16,22H,10,20H2,(H,24,25). The second-order valence-electron chi connectivity index (χ2n) is 5.59. The van der Waals surface area contributed by atoms with Crippen molar-refractivity contribution >= 4 is 22.5 Å². The molecule has 0 aliphatic carbocycles. The van der Waals surface area contributed by atoms with Gasteiger partial charge in [-0.1, -0.05) is 24.3 Å². The Balaban J connectivity index is 2.01. The molecule has 26 heavy (non-hydrogen) atoms. The minimum Gasteiger partial charge on any atom is -0.480 e. The van der Waals surface area contributed by atoms with E-state index in [1.54, 1.807) is 18.2 Å². The van der Waals surface area contributed by atoms with Gasteiger partial charge in [0.1, 0.15) is 17.2 Å². The van der Waals surface area contributed by atoms with E-state index in [9.17, 15) is 14.7 Å². The van der Waals surface area contributed by atoms with Gasteiger partial charge in [-0.05, 0) is 29.7 Å². The number of ether oxygens (including phenoxy) is 1. The first-order valence-corrected chi connectivity index (χ1v) is 7.79. The molecule has 132 valence electrons. The van der Waals surface area contributed by atoms with Crippen molar-refractivity contribution in [3.8, 4) is 11.5 Å². The summed E-state index contributed by atoms with van der Waals surface area (Å²) in [5.74, 6) is -1.07. The number of nitrogens with zero attached hydrogens (tertiary/aromatic N) is 1. The van der Waals surface area contributed by atoms with Crippen molar-refractivity contribution in [2.75, 3.05) is 0 Å². The minimum atomic E-state index is -1.73. The van der Waals surface area contributed by atoms with Gasteiger partial charge in [-0.3, -0.25) is 14.6 Å². The third kappa shape index (κ3) is 3.39. The van der Waals surface area contributed by atoms with Crippen LogP contribution in [-0.2, 0) is 11.4 Å². The number of benzene rings is 2. The quantitative estimate of drug-likeness (QED) is 0.458. The van der Waals surface area contributed by atoms with Crippen LogP contribution in [0.5, 0.6) is 11.5 Å². The Kier molecular flexibility index (Phi) is 4.92. The van der Waals surface area contributed by atoms with Gasteiger partial charge < -0.3 is 20.7 Å². The average Bonchev–Trinajstić information content (AvgIpc) is 2.66. The number of fused-ring (bicyclic) bond motifs is 1. The summed E-state index contributed by atoms with van der Waals surface area (Å²) in [5, 5.41) is 19.8. The molecule has 0 saturated heterocycles. The van der Waals surface area contributed by atoms with Gasteiger partial charge in [-0.15, -0.1) is 0 Å². The predicted octanol–water partition coefficient (Wildman–Crippen LogP) is 2.11. The molecule has 0 amide bonds. The highest BCUT2D eigenvalue weighted by Crippen LogP contribution is 2.28. The maximum absolute atomic E-state index is 12.2. The number of hydrogen-bond acceptors (Lipinski definition) is 6. The molecule has 3 aromatic rings. The molecule has 4 N–H and O–H groups in total. The van der Waals surface area contributed by atoms with E-state index in [1.165, 1.54) is 6.20 Å². The van der Waals surface area contributed by atoms with Gasteiger partial charge in [0.05, 0.1) is 6.61 Å². The van der Waals surface area contributed by atoms with Crippen molar-refractivity contribution in [2.45, 2.75) is 12.6 Å². The fourth-order valence-electron chi connectivity index (χ4n) is 2.58. The van der Waals surface area contributed by atoms with Crippen LogP contribution < -0.4 is 10.5 Å². The molecule has 0 bridgehead atoms. The number of carboxylic acids is 1. The average molecular weight is 352 g/mol. The number of ketones is 1. The SMILES string of the molecule is NC(C(=O)O)C(=O)c1ncc2cc(Oc3ccccc3)ccc2c1CO. The Labute approximate surface area is 148 Å². The summed E-state index contributed by atoms with van der Waals surface area (Å²) in [4.78, 5) is 27.2. The summed E-state index contributed by atoms with van der Waals surface area (Å²) in [6.45, 7) is -0.476. The molecule has 3 rings (SSSR count). The number of aliphatic hydroxyl groups is 1. The van der Waals surface area contributed by atoms with E-state index in [-0.39, 0.29) is 11.3 Å². The lowest BCUT2D eigenvalue weighted by molar-refractivity contribution is -0.137. The van der Waals surface area contributed by atoms with Crippen LogP contribution in [0.3, 0.4) is 0 Å². The molecule has 0 fully saturated rings. The van der Waals surface area contributed by atoms with E-state index in [4.69, 9.17) is 15.6 Å². The summed E-state index contributed by atoms with van der Waals surface area (Å²) in [5.41, 5.74) is 5.46. The van der Waals surface area contributed by atoms with Gasteiger partial charge in [-0.25, -0.2) is 0 Å². The summed E-state index contributed by atoms with van der Waals surface area (Å²) < 4.78 is 5.75. The summed E-state index contributed by atoms with van der Waals surface area (Å²) in [6, 6.07) is 12.6. The fraction of sp³-hybridized carbons (Fsp3) is 0.105. The maximum atomic E-state index is 12.2. The monoisotopic (exact) mass is 352 g/mol. The number of rotatable bonds is 6. The smallest absolute Gasteiger partial charge is 0.328 e. The molecular weight excluding hydrogens is 336 g/mol. The lowest BCUT2D eigenvalue weighted by Gasteiger charge is -2.12. The molecule has 0 spiro atoms. The molecule has 1 heterocycles. The summed E-state index contributed by atoms with van der Waals surface area (Å²) >= 11 is 0. The van der Waals surface area contributed by atoms with Crippen molar-refractivity contribution in [2.24, 2.45) is 5.73 Å². The van der Waals surface area contributed by atoms with E-state index in [0.29, 0.717) is 22.3 Å². The molecule has 0 saturated carbocycles. The molecular formula is C19H16N2O5. The minimum absolute atomic E-state index is 0.147. The number of aliphatic hydroxyl groups excluding tert-OH is 1. The van der Waals surface area contributed by atoms with Crippen LogP contribution in [-0.4, -0.2) is 33.0 Å². The normalized spacial score (nSPS) is 11.9. The lowest BCUT2D eigenvalue weighted by atomic mass is 10.00. The molecule has 1 unspecified atom stereocenters. The van der Waals surface area contributed by atoms with Crippen LogP contribution in [0.4, 0.5) is 0 Å². The molecule has 7 nitrogen and oxygen atoms in total. The van der Waals surface area contributed by atoms with Gasteiger partial charge >= 0.3 is 5.97 Å². The second-order valence-corrected chi connectivity index (χ2v) is 5.59. The predicted molar refractivity (Wildman–Crippen MR) is 94.1 cm³/mol. The van der Waals surface area contributed by atoms with Crippen LogP contribution in [0.2, 0.25) is 0 Å². The van der Waals surface area contributed by atoms with E-state index in [0.717, 1.165) is 0 Å². The van der Waals surface area contributed by atoms with Gasteiger partial charge in [0, 0.05) is 17.1 Å². The van der Waals surface area contributed by atoms with Crippen molar-refractivity contribution in [3.63, 3.8) is 0 Å². The topological polar surface area (TPSA) is 123 Å². The van der Waals surface area contributed by atoms with E-state index in [2.05, 4.69) is 4.98 Å². The zero-order chi connectivity index (χ0) is 18.7. The van der Waals surface area contributed by atoms with Crippen molar-refractivity contribution in [1.82, 2.24) is 4.98 Å². The number of carboxylic acid groups (broad SMARTS) is 1. The zero-order valence-corrected chi connectivity index (χ0v) is 13.6. The molecule has 0 aliphatic heterocycles. The van der Waals surface area contributed by atoms with E-state index < -0.39 is 24.4 Å². The van der Waals surface area contributed by atoms with E-state index in [1.807, 2.05) is 30.3 Å². The number of hydrogen-bond donors (Lipinski definition) is 3. The fourth-order valence-corrected chi connectivity index (χ4v) is 2.58. The highest BCUT2D eigenvalue weighted by Gasteiger charge is 2.26. The van der Waals surface area contributed by atoms with Gasteiger partial charge in [0.15, 0.2) is 6.04 Å². The number of aliphatic carboxylic acids is 1. The number of carbonyl (C=O) groups excluding carboxylic acids is 1. The van der Waals surface area contributed by atoms with Crippen LogP contribution in [0.1, 0.15) is 16.1 Å². The Morgan fingerprint density at radius 1 is 1.12 bits per heavy atom. The number of aromatic nitrogens is 1. The Hall–Kier alpha value is -3.29. The lowest BCUT2D eigenvalue weighted by Crippen LogP contribution is -2.39. The van der Waals surface area contributed by atoms with Crippen molar-refractivity contribution in [3.05, 3.63) is 66.0 Å². The van der Waals surface area contributed by atoms with Crippen molar-refractivity contribution in [1.29, 1.82) is 0 Å². The van der Waals surface area contributed by atoms with Crippen LogP contribution in [0.25, 0.3) is 10.8 Å². The third-order valence-electron chi connectivity index (χ3n) is 3.89. The third-order valence-corrected chi connectivity index (χ3v) is 3.89. The molecule has 7 heteroatoms.